The predicted octanol–water partition coefficient (Wildman–Crippen LogP) is 3.11. The molecule has 0 bridgehead atoms. The molecule has 1 N–H and O–H groups in total. The monoisotopic (exact) mass is 336 g/mol. The number of hydrogen-bond donors (Lipinski definition) is 1. The number of ether oxygens (including phenoxy) is 2. The van der Waals surface area contributed by atoms with Crippen molar-refractivity contribution >= 4 is 27.5 Å². The van der Waals surface area contributed by atoms with Gasteiger partial charge in [-0.25, -0.2) is 0 Å². The average molecular weight is 337 g/mol. The van der Waals surface area contributed by atoms with Crippen LogP contribution in [0.25, 0.3) is 0 Å². The minimum absolute atomic E-state index is 0.262. The van der Waals surface area contributed by atoms with Crippen molar-refractivity contribution in [2.45, 2.75) is 0 Å². The van der Waals surface area contributed by atoms with Crippen molar-refractivity contribution in [1.82, 2.24) is 4.98 Å². The highest BCUT2D eigenvalue weighted by Crippen LogP contribution is 2.29. The maximum atomic E-state index is 12.1. The molecule has 2 rings (SSSR count). The van der Waals surface area contributed by atoms with Crippen LogP contribution >= 0.6 is 15.9 Å². The van der Waals surface area contributed by atoms with Crippen molar-refractivity contribution in [2.24, 2.45) is 0 Å². The maximum absolute atomic E-state index is 12.1. The number of hydrogen-bond acceptors (Lipinski definition) is 4. The first kappa shape index (κ1) is 14.3. The predicted molar refractivity (Wildman–Crippen MR) is 79.4 cm³/mol. The summed E-state index contributed by atoms with van der Waals surface area (Å²) < 4.78 is 11.1. The van der Waals surface area contributed by atoms with Crippen LogP contribution in [0.3, 0.4) is 0 Å². The number of nitrogens with zero attached hydrogens (tertiary/aromatic N) is 1. The molecular weight excluding hydrogens is 324 g/mol. The molecule has 0 fully saturated rings. The largest absolute Gasteiger partial charge is 0.497 e. The van der Waals surface area contributed by atoms with Crippen LogP contribution in [0.1, 0.15) is 10.4 Å². The van der Waals surface area contributed by atoms with E-state index in [0.717, 1.165) is 4.47 Å². The molecule has 0 spiro atoms. The lowest BCUT2D eigenvalue weighted by molar-refractivity contribution is 0.102. The molecule has 0 aliphatic carbocycles. The summed E-state index contributed by atoms with van der Waals surface area (Å²) in [6.45, 7) is 0. The molecule has 1 amide bonds. The average Bonchev–Trinajstić information content (AvgIpc) is 2.47. The van der Waals surface area contributed by atoms with Crippen LogP contribution in [0.2, 0.25) is 0 Å². The van der Waals surface area contributed by atoms with E-state index in [-0.39, 0.29) is 5.91 Å². The second-order valence-corrected chi connectivity index (χ2v) is 4.83. The quantitative estimate of drug-likeness (QED) is 0.931. The number of aromatic nitrogens is 1. The topological polar surface area (TPSA) is 60.5 Å². The Bertz CT molecular complexity index is 632. The third-order valence-corrected chi connectivity index (χ3v) is 3.06. The summed E-state index contributed by atoms with van der Waals surface area (Å²) in [6, 6.07) is 6.87. The fourth-order valence-corrected chi connectivity index (χ4v) is 2.00. The minimum Gasteiger partial charge on any atom is -0.497 e. The lowest BCUT2D eigenvalue weighted by Gasteiger charge is -2.11. The zero-order valence-corrected chi connectivity index (χ0v) is 12.6. The maximum Gasteiger partial charge on any atom is 0.257 e. The molecule has 2 aromatic rings. The number of benzene rings is 1. The highest BCUT2D eigenvalue weighted by Gasteiger charge is 2.11. The molecule has 0 unspecified atom stereocenters. The number of carbonyl (C=O) groups is 1. The highest BCUT2D eigenvalue weighted by atomic mass is 79.9. The zero-order valence-electron chi connectivity index (χ0n) is 11.0. The van der Waals surface area contributed by atoms with Crippen molar-refractivity contribution in [3.05, 3.63) is 46.7 Å². The SMILES string of the molecule is COc1ccc(NC(=O)c2cncc(Br)c2)c(OC)c1. The van der Waals surface area contributed by atoms with Crippen LogP contribution in [0.15, 0.2) is 41.1 Å². The molecule has 0 saturated heterocycles. The highest BCUT2D eigenvalue weighted by molar-refractivity contribution is 9.10. The summed E-state index contributed by atoms with van der Waals surface area (Å²) in [7, 11) is 3.10. The van der Waals surface area contributed by atoms with Crippen LogP contribution in [-0.4, -0.2) is 25.1 Å². The minimum atomic E-state index is -0.262. The van der Waals surface area contributed by atoms with Gasteiger partial charge in [-0.05, 0) is 34.1 Å². The van der Waals surface area contributed by atoms with Gasteiger partial charge in [-0.15, -0.1) is 0 Å². The van der Waals surface area contributed by atoms with Gasteiger partial charge in [0.1, 0.15) is 11.5 Å². The van der Waals surface area contributed by atoms with E-state index in [1.165, 1.54) is 13.3 Å². The molecule has 0 aliphatic heterocycles. The Balaban J connectivity index is 2.23. The van der Waals surface area contributed by atoms with E-state index in [2.05, 4.69) is 26.2 Å². The molecule has 5 nitrogen and oxygen atoms in total. The number of amides is 1. The van der Waals surface area contributed by atoms with Gasteiger partial charge in [0.25, 0.3) is 5.91 Å². The first-order valence-electron chi connectivity index (χ1n) is 5.78. The van der Waals surface area contributed by atoms with Crippen LogP contribution in [0.5, 0.6) is 11.5 Å². The fourth-order valence-electron chi connectivity index (χ4n) is 1.63. The first-order chi connectivity index (χ1) is 9.63. The van der Waals surface area contributed by atoms with Crippen LogP contribution in [-0.2, 0) is 0 Å². The van der Waals surface area contributed by atoms with Crippen molar-refractivity contribution in [3.63, 3.8) is 0 Å². The summed E-state index contributed by atoms with van der Waals surface area (Å²) in [6.07, 6.45) is 3.11. The van der Waals surface area contributed by atoms with E-state index in [1.807, 2.05) is 0 Å². The summed E-state index contributed by atoms with van der Waals surface area (Å²) in [5, 5.41) is 2.78. The molecule has 0 atom stereocenters. The van der Waals surface area contributed by atoms with E-state index >= 15 is 0 Å². The second-order valence-electron chi connectivity index (χ2n) is 3.91. The van der Waals surface area contributed by atoms with Gasteiger partial charge in [-0.1, -0.05) is 0 Å². The molecule has 0 saturated carbocycles. The summed E-state index contributed by atoms with van der Waals surface area (Å²) in [5.74, 6) is 0.923. The van der Waals surface area contributed by atoms with E-state index in [9.17, 15) is 4.79 Å². The Kier molecular flexibility index (Phi) is 4.57. The van der Waals surface area contributed by atoms with Crippen molar-refractivity contribution in [3.8, 4) is 11.5 Å². The Hall–Kier alpha value is -2.08. The number of methoxy groups -OCH3 is 2. The first-order valence-corrected chi connectivity index (χ1v) is 6.57. The van der Waals surface area contributed by atoms with Crippen molar-refractivity contribution in [2.75, 3.05) is 19.5 Å². The number of anilines is 1. The van der Waals surface area contributed by atoms with Gasteiger partial charge in [0, 0.05) is 22.9 Å². The molecule has 104 valence electrons. The normalized spacial score (nSPS) is 9.95. The molecule has 0 radical (unpaired) electrons. The third kappa shape index (κ3) is 3.27. The van der Waals surface area contributed by atoms with Gasteiger partial charge in [0.2, 0.25) is 0 Å². The smallest absolute Gasteiger partial charge is 0.257 e. The molecule has 0 aliphatic rings. The van der Waals surface area contributed by atoms with Crippen molar-refractivity contribution < 1.29 is 14.3 Å². The van der Waals surface area contributed by atoms with Gasteiger partial charge in [0.15, 0.2) is 0 Å². The fraction of sp³-hybridized carbons (Fsp3) is 0.143. The summed E-state index contributed by atoms with van der Waals surface area (Å²) in [5.41, 5.74) is 1.02. The lowest BCUT2D eigenvalue weighted by atomic mass is 10.2. The van der Waals surface area contributed by atoms with Gasteiger partial charge in [-0.2, -0.15) is 0 Å². The molecular formula is C14H13BrN2O3. The number of halogens is 1. The van der Waals surface area contributed by atoms with Crippen molar-refractivity contribution in [1.29, 1.82) is 0 Å². The number of rotatable bonds is 4. The van der Waals surface area contributed by atoms with Gasteiger partial charge < -0.3 is 14.8 Å². The Morgan fingerprint density at radius 1 is 1.20 bits per heavy atom. The van der Waals surface area contributed by atoms with E-state index < -0.39 is 0 Å². The van der Waals surface area contributed by atoms with E-state index in [1.54, 1.807) is 37.6 Å². The van der Waals surface area contributed by atoms with Crippen LogP contribution in [0, 0.1) is 0 Å². The van der Waals surface area contributed by atoms with Gasteiger partial charge in [0.05, 0.1) is 25.5 Å². The van der Waals surface area contributed by atoms with Crippen LogP contribution in [0.4, 0.5) is 5.69 Å². The van der Waals surface area contributed by atoms with Gasteiger partial charge >= 0.3 is 0 Å². The molecule has 1 aromatic carbocycles. The number of nitrogens with one attached hydrogen (secondary N) is 1. The summed E-state index contributed by atoms with van der Waals surface area (Å²) >= 11 is 3.28. The molecule has 1 heterocycles. The number of pyridine rings is 1. The van der Waals surface area contributed by atoms with E-state index in [4.69, 9.17) is 9.47 Å². The van der Waals surface area contributed by atoms with E-state index in [0.29, 0.717) is 22.7 Å². The second kappa shape index (κ2) is 6.38. The lowest BCUT2D eigenvalue weighted by Crippen LogP contribution is -2.13. The van der Waals surface area contributed by atoms with Crippen LogP contribution < -0.4 is 14.8 Å². The third-order valence-electron chi connectivity index (χ3n) is 2.62. The Morgan fingerprint density at radius 3 is 2.65 bits per heavy atom. The molecule has 1 aromatic heterocycles. The standard InChI is InChI=1S/C14H13BrN2O3/c1-19-11-3-4-12(13(6-11)20-2)17-14(18)9-5-10(15)8-16-7-9/h3-8H,1-2H3,(H,17,18). The molecule has 20 heavy (non-hydrogen) atoms. The molecule has 6 heteroatoms. The Labute approximate surface area is 125 Å². The zero-order chi connectivity index (χ0) is 14.5. The summed E-state index contributed by atoms with van der Waals surface area (Å²) in [4.78, 5) is 16.1. The Morgan fingerprint density at radius 2 is 2.00 bits per heavy atom. The van der Waals surface area contributed by atoms with Gasteiger partial charge in [-0.3, -0.25) is 9.78 Å². The number of carbonyl (C=O) groups excluding carboxylic acids is 1.